The topological polar surface area (TPSA) is 66.0 Å². The van der Waals surface area contributed by atoms with Gasteiger partial charge in [-0.3, -0.25) is 4.79 Å². The van der Waals surface area contributed by atoms with E-state index in [0.717, 1.165) is 17.9 Å². The van der Waals surface area contributed by atoms with Crippen LogP contribution in [-0.2, 0) is 4.79 Å². The highest BCUT2D eigenvalue weighted by Gasteiger charge is 2.09. The van der Waals surface area contributed by atoms with Gasteiger partial charge in [-0.2, -0.15) is 0 Å². The highest BCUT2D eigenvalue weighted by molar-refractivity contribution is 14.0. The van der Waals surface area contributed by atoms with Crippen LogP contribution in [0.15, 0.2) is 29.3 Å². The van der Waals surface area contributed by atoms with Crippen LogP contribution in [0.4, 0.5) is 0 Å². The van der Waals surface area contributed by atoms with E-state index < -0.39 is 0 Å². The SMILES string of the molecule is Cc1ccccc1OC(C)CNC(=NCC(=O)N(C)C)NCC(C)C.I. The zero-order valence-corrected chi connectivity index (χ0v) is 19.0. The molecule has 1 amide bonds. The Morgan fingerprint density at radius 3 is 2.35 bits per heavy atom. The number of ether oxygens (including phenoxy) is 1. The monoisotopic (exact) mass is 476 g/mol. The van der Waals surface area contributed by atoms with Gasteiger partial charge in [0, 0.05) is 20.6 Å². The zero-order chi connectivity index (χ0) is 18.8. The number of likely N-dealkylation sites (N-methyl/N-ethyl adjacent to an activating group) is 1. The first-order chi connectivity index (χ1) is 11.8. The van der Waals surface area contributed by atoms with Crippen molar-refractivity contribution < 1.29 is 9.53 Å². The summed E-state index contributed by atoms with van der Waals surface area (Å²) in [6, 6.07) is 7.95. The van der Waals surface area contributed by atoms with Gasteiger partial charge in [0.15, 0.2) is 5.96 Å². The first-order valence-electron chi connectivity index (χ1n) is 8.74. The molecule has 0 aliphatic rings. The Balaban J connectivity index is 0.00000625. The van der Waals surface area contributed by atoms with Gasteiger partial charge < -0.3 is 20.3 Å². The molecule has 1 aromatic rings. The minimum absolute atomic E-state index is 0. The Labute approximate surface area is 174 Å². The minimum atomic E-state index is -0.0325. The van der Waals surface area contributed by atoms with Gasteiger partial charge in [-0.15, -0.1) is 24.0 Å². The molecule has 6 nitrogen and oxygen atoms in total. The maximum atomic E-state index is 11.7. The van der Waals surface area contributed by atoms with Crippen LogP contribution in [0.2, 0.25) is 0 Å². The van der Waals surface area contributed by atoms with Crippen LogP contribution < -0.4 is 15.4 Å². The zero-order valence-electron chi connectivity index (χ0n) is 16.7. The van der Waals surface area contributed by atoms with Crippen LogP contribution in [0.1, 0.15) is 26.3 Å². The summed E-state index contributed by atoms with van der Waals surface area (Å²) in [7, 11) is 3.45. The molecule has 2 N–H and O–H groups in total. The fourth-order valence-corrected chi connectivity index (χ4v) is 1.95. The second-order valence-corrected chi connectivity index (χ2v) is 6.80. The normalized spacial score (nSPS) is 12.2. The van der Waals surface area contributed by atoms with E-state index in [4.69, 9.17) is 4.74 Å². The van der Waals surface area contributed by atoms with E-state index in [1.54, 1.807) is 14.1 Å². The molecule has 0 spiro atoms. The fraction of sp³-hybridized carbons (Fsp3) is 0.579. The van der Waals surface area contributed by atoms with E-state index in [2.05, 4.69) is 29.5 Å². The van der Waals surface area contributed by atoms with Gasteiger partial charge in [0.05, 0.1) is 6.54 Å². The van der Waals surface area contributed by atoms with Gasteiger partial charge >= 0.3 is 0 Å². The van der Waals surface area contributed by atoms with Crippen molar-refractivity contribution >= 4 is 35.8 Å². The number of nitrogens with zero attached hydrogens (tertiary/aromatic N) is 2. The van der Waals surface area contributed by atoms with Gasteiger partial charge in [-0.05, 0) is 31.4 Å². The minimum Gasteiger partial charge on any atom is -0.489 e. The summed E-state index contributed by atoms with van der Waals surface area (Å²) < 4.78 is 5.96. The van der Waals surface area contributed by atoms with Crippen molar-refractivity contribution in [3.8, 4) is 5.75 Å². The average molecular weight is 476 g/mol. The number of carbonyl (C=O) groups is 1. The highest BCUT2D eigenvalue weighted by atomic mass is 127. The molecule has 1 rings (SSSR count). The number of carbonyl (C=O) groups excluding carboxylic acids is 1. The Morgan fingerprint density at radius 1 is 1.15 bits per heavy atom. The Bertz CT molecular complexity index is 576. The molecule has 7 heteroatoms. The summed E-state index contributed by atoms with van der Waals surface area (Å²) in [5.41, 5.74) is 1.11. The van der Waals surface area contributed by atoms with Crippen molar-refractivity contribution in [1.29, 1.82) is 0 Å². The lowest BCUT2D eigenvalue weighted by molar-refractivity contribution is -0.127. The van der Waals surface area contributed by atoms with Crippen LogP contribution in [0.5, 0.6) is 5.75 Å². The average Bonchev–Trinajstić information content (AvgIpc) is 2.55. The second kappa shape index (κ2) is 12.8. The molecule has 0 radical (unpaired) electrons. The van der Waals surface area contributed by atoms with E-state index in [9.17, 15) is 4.79 Å². The number of nitrogens with one attached hydrogen (secondary N) is 2. The van der Waals surface area contributed by atoms with Crippen LogP contribution in [0.25, 0.3) is 0 Å². The standard InChI is InChI=1S/C19H32N4O2.HI/c1-14(2)11-20-19(22-13-18(24)23(5)6)21-12-16(4)25-17-10-8-7-9-15(17)3;/h7-10,14,16H,11-13H2,1-6H3,(H2,20,21,22);1H. The number of halogens is 1. The first kappa shape index (κ1) is 24.5. The predicted molar refractivity (Wildman–Crippen MR) is 119 cm³/mol. The molecule has 0 fully saturated rings. The molecule has 0 bridgehead atoms. The van der Waals surface area contributed by atoms with Crippen LogP contribution in [-0.4, -0.2) is 56.6 Å². The lowest BCUT2D eigenvalue weighted by Gasteiger charge is -2.19. The van der Waals surface area contributed by atoms with E-state index in [-0.39, 0.29) is 42.5 Å². The number of para-hydroxylation sites is 1. The van der Waals surface area contributed by atoms with E-state index in [1.807, 2.05) is 38.1 Å². The summed E-state index contributed by atoms with van der Waals surface area (Å²) in [6.07, 6.45) is -0.0308. The summed E-state index contributed by atoms with van der Waals surface area (Å²) in [6.45, 7) is 9.78. The molecule has 0 aliphatic carbocycles. The molecule has 0 saturated heterocycles. The third-order valence-corrected chi connectivity index (χ3v) is 3.53. The van der Waals surface area contributed by atoms with Crippen molar-refractivity contribution in [1.82, 2.24) is 15.5 Å². The van der Waals surface area contributed by atoms with Crippen LogP contribution in [0.3, 0.4) is 0 Å². The second-order valence-electron chi connectivity index (χ2n) is 6.80. The lowest BCUT2D eigenvalue weighted by atomic mass is 10.2. The molecule has 148 valence electrons. The molecule has 0 aromatic heterocycles. The molecule has 0 saturated carbocycles. The smallest absolute Gasteiger partial charge is 0.243 e. The summed E-state index contributed by atoms with van der Waals surface area (Å²) in [5, 5.41) is 6.51. The summed E-state index contributed by atoms with van der Waals surface area (Å²) >= 11 is 0. The number of guanidine groups is 1. The lowest BCUT2D eigenvalue weighted by Crippen LogP contribution is -2.43. The quantitative estimate of drug-likeness (QED) is 0.344. The van der Waals surface area contributed by atoms with Crippen LogP contribution in [0, 0.1) is 12.8 Å². The number of hydrogen-bond acceptors (Lipinski definition) is 3. The maximum absolute atomic E-state index is 11.7. The number of hydrogen-bond donors (Lipinski definition) is 2. The maximum Gasteiger partial charge on any atom is 0.243 e. The van der Waals surface area contributed by atoms with Gasteiger partial charge in [0.2, 0.25) is 5.91 Å². The van der Waals surface area contributed by atoms with Gasteiger partial charge in [-0.1, -0.05) is 32.0 Å². The van der Waals surface area contributed by atoms with E-state index >= 15 is 0 Å². The van der Waals surface area contributed by atoms with E-state index in [1.165, 1.54) is 4.90 Å². The largest absolute Gasteiger partial charge is 0.489 e. The van der Waals surface area contributed by atoms with Gasteiger partial charge in [-0.25, -0.2) is 4.99 Å². The number of aliphatic imine (C=N–C) groups is 1. The number of rotatable bonds is 8. The summed E-state index contributed by atoms with van der Waals surface area (Å²) in [4.78, 5) is 17.6. The van der Waals surface area contributed by atoms with Crippen molar-refractivity contribution in [3.05, 3.63) is 29.8 Å². The number of aryl methyl sites for hydroxylation is 1. The predicted octanol–water partition coefficient (Wildman–Crippen LogP) is 2.66. The van der Waals surface area contributed by atoms with Gasteiger partial charge in [0.1, 0.15) is 18.4 Å². The van der Waals surface area contributed by atoms with Crippen LogP contribution >= 0.6 is 24.0 Å². The molecule has 0 aliphatic heterocycles. The van der Waals surface area contributed by atoms with Crippen molar-refractivity contribution in [2.24, 2.45) is 10.9 Å². The van der Waals surface area contributed by atoms with Crippen molar-refractivity contribution in [2.45, 2.75) is 33.8 Å². The molecule has 1 aromatic carbocycles. The fourth-order valence-electron chi connectivity index (χ4n) is 1.95. The van der Waals surface area contributed by atoms with E-state index in [0.29, 0.717) is 18.4 Å². The Morgan fingerprint density at radius 2 is 1.77 bits per heavy atom. The third-order valence-electron chi connectivity index (χ3n) is 3.53. The molecule has 1 atom stereocenters. The Kier molecular flexibility index (Phi) is 12.0. The first-order valence-corrected chi connectivity index (χ1v) is 8.74. The molecule has 26 heavy (non-hydrogen) atoms. The third kappa shape index (κ3) is 9.84. The van der Waals surface area contributed by atoms with Gasteiger partial charge in [0.25, 0.3) is 0 Å². The Hall–Kier alpha value is -1.51. The molecule has 1 unspecified atom stereocenters. The molecule has 0 heterocycles. The highest BCUT2D eigenvalue weighted by Crippen LogP contribution is 2.17. The number of benzene rings is 1. The summed E-state index contributed by atoms with van der Waals surface area (Å²) in [5.74, 6) is 1.96. The molecular formula is C19H33IN4O2. The van der Waals surface area contributed by atoms with Crippen molar-refractivity contribution in [2.75, 3.05) is 33.7 Å². The van der Waals surface area contributed by atoms with Crippen molar-refractivity contribution in [3.63, 3.8) is 0 Å². The molecular weight excluding hydrogens is 443 g/mol. The number of amides is 1.